The van der Waals surface area contributed by atoms with Gasteiger partial charge in [-0.3, -0.25) is 4.79 Å². The lowest BCUT2D eigenvalue weighted by Crippen LogP contribution is -2.04. The SMILES string of the molecule is Cc1cccc(C(=O)c2csc3c(Br)cccc23)c1F. The van der Waals surface area contributed by atoms with Crippen molar-refractivity contribution in [2.45, 2.75) is 6.92 Å². The zero-order chi connectivity index (χ0) is 14.3. The van der Waals surface area contributed by atoms with E-state index in [0.29, 0.717) is 11.1 Å². The quantitative estimate of drug-likeness (QED) is 0.571. The lowest BCUT2D eigenvalue weighted by molar-refractivity contribution is 0.103. The van der Waals surface area contributed by atoms with Gasteiger partial charge in [-0.15, -0.1) is 11.3 Å². The van der Waals surface area contributed by atoms with Gasteiger partial charge in [0.05, 0.1) is 5.56 Å². The molecule has 1 heterocycles. The molecule has 0 fully saturated rings. The number of benzene rings is 2. The van der Waals surface area contributed by atoms with Crippen LogP contribution in [0.4, 0.5) is 4.39 Å². The third-order valence-corrected chi connectivity index (χ3v) is 5.19. The van der Waals surface area contributed by atoms with Crippen molar-refractivity contribution >= 4 is 43.1 Å². The number of ketones is 1. The van der Waals surface area contributed by atoms with Gasteiger partial charge >= 0.3 is 0 Å². The predicted molar refractivity (Wildman–Crippen MR) is 84.1 cm³/mol. The Labute approximate surface area is 128 Å². The van der Waals surface area contributed by atoms with Crippen LogP contribution >= 0.6 is 27.3 Å². The molecule has 0 unspecified atom stereocenters. The van der Waals surface area contributed by atoms with Gasteiger partial charge in [0.2, 0.25) is 0 Å². The zero-order valence-corrected chi connectivity index (χ0v) is 13.0. The van der Waals surface area contributed by atoms with E-state index < -0.39 is 5.82 Å². The van der Waals surface area contributed by atoms with E-state index >= 15 is 0 Å². The van der Waals surface area contributed by atoms with Gasteiger partial charge in [0.1, 0.15) is 5.82 Å². The van der Waals surface area contributed by atoms with Crippen LogP contribution in [-0.4, -0.2) is 5.78 Å². The van der Waals surface area contributed by atoms with Gasteiger partial charge in [-0.2, -0.15) is 0 Å². The molecule has 20 heavy (non-hydrogen) atoms. The van der Waals surface area contributed by atoms with E-state index in [-0.39, 0.29) is 11.3 Å². The molecule has 100 valence electrons. The van der Waals surface area contributed by atoms with Crippen molar-refractivity contribution in [2.24, 2.45) is 0 Å². The molecule has 0 N–H and O–H groups in total. The average Bonchev–Trinajstić information content (AvgIpc) is 2.86. The summed E-state index contributed by atoms with van der Waals surface area (Å²) in [6.45, 7) is 1.66. The summed E-state index contributed by atoms with van der Waals surface area (Å²) in [5.74, 6) is -0.706. The monoisotopic (exact) mass is 348 g/mol. The maximum atomic E-state index is 14.1. The molecule has 0 aliphatic rings. The molecule has 0 aliphatic carbocycles. The van der Waals surface area contributed by atoms with Crippen molar-refractivity contribution in [1.29, 1.82) is 0 Å². The molecule has 0 saturated carbocycles. The molecule has 0 aliphatic heterocycles. The van der Waals surface area contributed by atoms with E-state index in [0.717, 1.165) is 14.6 Å². The first-order chi connectivity index (χ1) is 9.59. The summed E-state index contributed by atoms with van der Waals surface area (Å²) in [7, 11) is 0. The van der Waals surface area contributed by atoms with Crippen LogP contribution in [0.15, 0.2) is 46.3 Å². The molecule has 0 radical (unpaired) electrons. The zero-order valence-electron chi connectivity index (χ0n) is 10.6. The number of hydrogen-bond acceptors (Lipinski definition) is 2. The van der Waals surface area contributed by atoms with Crippen LogP contribution in [0, 0.1) is 12.7 Å². The normalized spacial score (nSPS) is 10.9. The highest BCUT2D eigenvalue weighted by Crippen LogP contribution is 2.33. The number of fused-ring (bicyclic) bond motifs is 1. The number of halogens is 2. The molecule has 0 saturated heterocycles. The Morgan fingerprint density at radius 2 is 1.90 bits per heavy atom. The number of hydrogen-bond donors (Lipinski definition) is 0. The maximum Gasteiger partial charge on any atom is 0.197 e. The van der Waals surface area contributed by atoms with Crippen molar-refractivity contribution in [2.75, 3.05) is 0 Å². The fourth-order valence-corrected chi connectivity index (χ4v) is 3.77. The molecule has 0 spiro atoms. The minimum absolute atomic E-state index is 0.129. The Kier molecular flexibility index (Phi) is 3.44. The highest BCUT2D eigenvalue weighted by molar-refractivity contribution is 9.10. The topological polar surface area (TPSA) is 17.1 Å². The smallest absolute Gasteiger partial charge is 0.197 e. The molecule has 1 nitrogen and oxygen atoms in total. The van der Waals surface area contributed by atoms with Crippen molar-refractivity contribution in [3.63, 3.8) is 0 Å². The molecule has 2 aromatic carbocycles. The van der Waals surface area contributed by atoms with E-state index in [1.807, 2.05) is 18.2 Å². The first-order valence-corrected chi connectivity index (χ1v) is 7.72. The molecule has 3 rings (SSSR count). The maximum absolute atomic E-state index is 14.1. The first-order valence-electron chi connectivity index (χ1n) is 6.05. The van der Waals surface area contributed by atoms with Crippen molar-refractivity contribution in [1.82, 2.24) is 0 Å². The second-order valence-electron chi connectivity index (χ2n) is 4.53. The number of carbonyl (C=O) groups excluding carboxylic acids is 1. The van der Waals surface area contributed by atoms with Gasteiger partial charge in [0, 0.05) is 25.5 Å². The van der Waals surface area contributed by atoms with Gasteiger partial charge < -0.3 is 0 Å². The summed E-state index contributed by atoms with van der Waals surface area (Å²) in [5.41, 5.74) is 1.16. The molecule has 0 amide bonds. The molecule has 1 aromatic heterocycles. The fraction of sp³-hybridized carbons (Fsp3) is 0.0625. The lowest BCUT2D eigenvalue weighted by Gasteiger charge is -2.04. The van der Waals surface area contributed by atoms with Crippen LogP contribution in [0.5, 0.6) is 0 Å². The number of thiophene rings is 1. The first kappa shape index (κ1) is 13.5. The van der Waals surface area contributed by atoms with Gasteiger partial charge in [-0.25, -0.2) is 4.39 Å². The second kappa shape index (κ2) is 5.11. The number of carbonyl (C=O) groups is 1. The summed E-state index contributed by atoms with van der Waals surface area (Å²) >= 11 is 4.95. The van der Waals surface area contributed by atoms with E-state index in [1.165, 1.54) is 17.4 Å². The average molecular weight is 349 g/mol. The summed E-state index contributed by atoms with van der Waals surface area (Å²) in [4.78, 5) is 12.6. The molecule has 0 bridgehead atoms. The van der Waals surface area contributed by atoms with Crippen LogP contribution in [0.2, 0.25) is 0 Å². The molecular formula is C16H10BrFOS. The third-order valence-electron chi connectivity index (χ3n) is 3.23. The molecule has 0 atom stereocenters. The minimum atomic E-state index is -0.438. The highest BCUT2D eigenvalue weighted by Gasteiger charge is 2.19. The van der Waals surface area contributed by atoms with Crippen LogP contribution in [-0.2, 0) is 0 Å². The fourth-order valence-electron chi connectivity index (χ4n) is 2.17. The second-order valence-corrected chi connectivity index (χ2v) is 6.27. The van der Waals surface area contributed by atoms with Crippen molar-refractivity contribution < 1.29 is 9.18 Å². The van der Waals surface area contributed by atoms with Crippen molar-refractivity contribution in [3.05, 3.63) is 68.8 Å². The standard InChI is InChI=1S/C16H10BrFOS/c1-9-4-2-6-11(14(9)18)15(19)12-8-20-16-10(12)5-3-7-13(16)17/h2-8H,1H3. The molecular weight excluding hydrogens is 339 g/mol. The van der Waals surface area contributed by atoms with Gasteiger partial charge in [-0.05, 0) is 40.5 Å². The summed E-state index contributed by atoms with van der Waals surface area (Å²) in [6, 6.07) is 10.6. The van der Waals surface area contributed by atoms with Crippen LogP contribution in [0.3, 0.4) is 0 Å². The van der Waals surface area contributed by atoms with Crippen molar-refractivity contribution in [3.8, 4) is 0 Å². The Bertz CT molecular complexity index is 822. The Morgan fingerprint density at radius 1 is 1.15 bits per heavy atom. The Morgan fingerprint density at radius 3 is 2.70 bits per heavy atom. The largest absolute Gasteiger partial charge is 0.288 e. The van der Waals surface area contributed by atoms with Gasteiger partial charge in [0.15, 0.2) is 5.78 Å². The Hall–Kier alpha value is -1.52. The Balaban J connectivity index is 2.18. The minimum Gasteiger partial charge on any atom is -0.288 e. The lowest BCUT2D eigenvalue weighted by atomic mass is 10.0. The van der Waals surface area contributed by atoms with Gasteiger partial charge in [0.25, 0.3) is 0 Å². The molecule has 4 heteroatoms. The molecule has 3 aromatic rings. The predicted octanol–water partition coefficient (Wildman–Crippen LogP) is 5.34. The van der Waals surface area contributed by atoms with E-state index in [9.17, 15) is 9.18 Å². The summed E-state index contributed by atoms with van der Waals surface area (Å²) < 4.78 is 16.0. The van der Waals surface area contributed by atoms with E-state index in [1.54, 1.807) is 24.4 Å². The number of aryl methyl sites for hydroxylation is 1. The van der Waals surface area contributed by atoms with E-state index in [2.05, 4.69) is 15.9 Å². The number of rotatable bonds is 2. The van der Waals surface area contributed by atoms with E-state index in [4.69, 9.17) is 0 Å². The highest BCUT2D eigenvalue weighted by atomic mass is 79.9. The van der Waals surface area contributed by atoms with Crippen LogP contribution in [0.1, 0.15) is 21.5 Å². The van der Waals surface area contributed by atoms with Crippen LogP contribution in [0.25, 0.3) is 10.1 Å². The summed E-state index contributed by atoms with van der Waals surface area (Å²) in [6.07, 6.45) is 0. The summed E-state index contributed by atoms with van der Waals surface area (Å²) in [5, 5.41) is 2.65. The third kappa shape index (κ3) is 2.09. The van der Waals surface area contributed by atoms with Gasteiger partial charge in [-0.1, -0.05) is 24.3 Å². The van der Waals surface area contributed by atoms with Crippen LogP contribution < -0.4 is 0 Å².